The second-order valence-electron chi connectivity index (χ2n) is 13.2. The smallest absolute Gasteiger partial charge is 0.475 e. The Morgan fingerprint density at radius 3 is 1.47 bits per heavy atom. The number of aliphatic carboxylic acids is 3. The molecule has 2 heterocycles. The Hall–Kier alpha value is -3.89. The number of carbonyl (C=O) groups excluding carboxylic acids is 4. The lowest BCUT2D eigenvalue weighted by Crippen LogP contribution is -2.57. The molecule has 3 atom stereocenters. The maximum absolute atomic E-state index is 13.1. The average molecular weight is 729 g/mol. The number of nitrogens with one attached hydrogen (secondary N) is 3. The minimum absolute atomic E-state index is 0.200. The number of carboxylic acids is 3. The molecule has 20 nitrogen and oxygen atoms in total. The normalized spacial score (nSPS) is 20.0. The second-order valence-corrected chi connectivity index (χ2v) is 13.2. The average Bonchev–Trinajstić information content (AvgIpc) is 3.53. The molecule has 0 aromatic carbocycles. The maximum atomic E-state index is 13.1. The molecule has 2 fully saturated rings. The van der Waals surface area contributed by atoms with Gasteiger partial charge in [0.2, 0.25) is 23.6 Å². The van der Waals surface area contributed by atoms with Crippen LogP contribution in [0.4, 0.5) is 0 Å². The first-order valence-electron chi connectivity index (χ1n) is 17.0. The Morgan fingerprint density at radius 1 is 0.647 bits per heavy atom. The van der Waals surface area contributed by atoms with Gasteiger partial charge in [-0.15, -0.1) is 0 Å². The van der Waals surface area contributed by atoms with Crippen LogP contribution in [0.5, 0.6) is 0 Å². The molecule has 0 radical (unpaired) electrons. The van der Waals surface area contributed by atoms with Gasteiger partial charge in [0, 0.05) is 58.9 Å². The lowest BCUT2D eigenvalue weighted by molar-refractivity contribution is -0.140. The van der Waals surface area contributed by atoms with Crippen molar-refractivity contribution in [2.75, 3.05) is 91.6 Å². The zero-order valence-corrected chi connectivity index (χ0v) is 29.5. The number of hydrogen-bond donors (Lipinski definition) is 8. The van der Waals surface area contributed by atoms with Gasteiger partial charge in [0.05, 0.1) is 38.7 Å². The number of amides is 4. The molecule has 0 aromatic heterocycles. The van der Waals surface area contributed by atoms with E-state index in [1.807, 2.05) is 0 Å². The largest absolute Gasteiger partial charge is 0.480 e. The van der Waals surface area contributed by atoms with E-state index in [1.165, 1.54) is 11.8 Å². The topological polar surface area (TPSA) is 273 Å². The summed E-state index contributed by atoms with van der Waals surface area (Å²) >= 11 is 0. The van der Waals surface area contributed by atoms with Crippen LogP contribution in [0.2, 0.25) is 0 Å². The first-order valence-corrected chi connectivity index (χ1v) is 17.0. The molecule has 2 saturated heterocycles. The van der Waals surface area contributed by atoms with Crippen LogP contribution in [0, 0.1) is 5.92 Å². The molecule has 0 unspecified atom stereocenters. The minimum Gasteiger partial charge on any atom is -0.480 e. The number of nitrogens with zero attached hydrogens (tertiary/aromatic N) is 5. The number of rotatable bonds is 16. The lowest BCUT2D eigenvalue weighted by atomic mass is 9.78. The molecule has 0 saturated carbocycles. The first-order chi connectivity index (χ1) is 24.0. The van der Waals surface area contributed by atoms with E-state index in [4.69, 9.17) is 0 Å². The Balaban J connectivity index is 2.00. The highest BCUT2D eigenvalue weighted by atomic mass is 16.4. The monoisotopic (exact) mass is 728 g/mol. The quantitative estimate of drug-likeness (QED) is 0.0693. The van der Waals surface area contributed by atoms with Crippen molar-refractivity contribution in [3.63, 3.8) is 0 Å². The molecule has 288 valence electrons. The van der Waals surface area contributed by atoms with E-state index in [2.05, 4.69) is 16.0 Å². The van der Waals surface area contributed by atoms with Gasteiger partial charge in [0.25, 0.3) is 0 Å². The highest BCUT2D eigenvalue weighted by Gasteiger charge is 2.39. The molecule has 21 heteroatoms. The van der Waals surface area contributed by atoms with E-state index in [0.717, 1.165) is 0 Å². The van der Waals surface area contributed by atoms with Crippen molar-refractivity contribution < 1.29 is 58.9 Å². The Labute approximate surface area is 297 Å². The minimum atomic E-state index is -1.71. The summed E-state index contributed by atoms with van der Waals surface area (Å²) in [5.74, 6) is -6.72. The van der Waals surface area contributed by atoms with E-state index in [9.17, 15) is 58.9 Å². The van der Waals surface area contributed by atoms with Crippen LogP contribution in [0.1, 0.15) is 33.6 Å². The molecule has 0 aliphatic carbocycles. The van der Waals surface area contributed by atoms with Crippen molar-refractivity contribution in [2.24, 2.45) is 5.92 Å². The van der Waals surface area contributed by atoms with E-state index in [1.54, 1.807) is 33.4 Å². The van der Waals surface area contributed by atoms with Gasteiger partial charge in [0.15, 0.2) is 0 Å². The van der Waals surface area contributed by atoms with E-state index in [0.29, 0.717) is 19.4 Å². The van der Waals surface area contributed by atoms with Gasteiger partial charge in [-0.1, -0.05) is 13.8 Å². The lowest BCUT2D eigenvalue weighted by Gasteiger charge is -2.32. The molecule has 2 aliphatic heterocycles. The van der Waals surface area contributed by atoms with Crippen molar-refractivity contribution in [1.29, 1.82) is 0 Å². The van der Waals surface area contributed by atoms with Crippen molar-refractivity contribution in [2.45, 2.75) is 51.6 Å². The molecule has 2 aliphatic rings. The third-order valence-corrected chi connectivity index (χ3v) is 8.74. The fourth-order valence-corrected chi connectivity index (χ4v) is 5.97. The van der Waals surface area contributed by atoms with Gasteiger partial charge in [0.1, 0.15) is 12.1 Å². The number of likely N-dealkylation sites (tertiary alicyclic amines) is 1. The van der Waals surface area contributed by atoms with Crippen molar-refractivity contribution in [3.8, 4) is 0 Å². The van der Waals surface area contributed by atoms with Gasteiger partial charge in [-0.25, -0.2) is 0 Å². The van der Waals surface area contributed by atoms with Crippen LogP contribution in [0.15, 0.2) is 0 Å². The summed E-state index contributed by atoms with van der Waals surface area (Å²) in [5, 5.41) is 54.9. The van der Waals surface area contributed by atoms with Crippen LogP contribution in [0.3, 0.4) is 0 Å². The summed E-state index contributed by atoms with van der Waals surface area (Å²) in [4.78, 5) is 94.0. The molecule has 51 heavy (non-hydrogen) atoms. The van der Waals surface area contributed by atoms with Crippen LogP contribution < -0.4 is 16.0 Å². The summed E-state index contributed by atoms with van der Waals surface area (Å²) in [6.45, 7) is 5.34. The fraction of sp³-hybridized carbons (Fsp3) is 0.767. The van der Waals surface area contributed by atoms with Crippen molar-refractivity contribution >= 4 is 48.7 Å². The van der Waals surface area contributed by atoms with E-state index >= 15 is 0 Å². The summed E-state index contributed by atoms with van der Waals surface area (Å²) in [6, 6.07) is -2.05. The van der Waals surface area contributed by atoms with Crippen LogP contribution in [0.25, 0.3) is 0 Å². The first kappa shape index (κ1) is 43.3. The second kappa shape index (κ2) is 21.5. The van der Waals surface area contributed by atoms with Crippen LogP contribution in [-0.2, 0) is 33.6 Å². The van der Waals surface area contributed by atoms with Gasteiger partial charge < -0.3 is 46.2 Å². The molecule has 8 N–H and O–H groups in total. The van der Waals surface area contributed by atoms with Crippen LogP contribution in [-0.4, -0.2) is 208 Å². The zero-order valence-electron chi connectivity index (χ0n) is 29.5. The summed E-state index contributed by atoms with van der Waals surface area (Å²) in [5.41, 5.74) is 0. The highest BCUT2D eigenvalue weighted by molar-refractivity contribution is 6.43. The third kappa shape index (κ3) is 15.9. The Bertz CT molecular complexity index is 1200. The molecule has 4 amide bonds. The van der Waals surface area contributed by atoms with Gasteiger partial charge in [-0.3, -0.25) is 53.2 Å². The molecule has 0 spiro atoms. The maximum Gasteiger partial charge on any atom is 0.475 e. The molecule has 0 aromatic rings. The fourth-order valence-electron chi connectivity index (χ4n) is 5.97. The highest BCUT2D eigenvalue weighted by Crippen LogP contribution is 2.19. The van der Waals surface area contributed by atoms with E-state index < -0.39 is 79.1 Å². The van der Waals surface area contributed by atoms with Crippen molar-refractivity contribution in [3.05, 3.63) is 0 Å². The van der Waals surface area contributed by atoms with Gasteiger partial charge >= 0.3 is 25.0 Å². The van der Waals surface area contributed by atoms with Crippen molar-refractivity contribution in [1.82, 2.24) is 40.4 Å². The Morgan fingerprint density at radius 2 is 1.08 bits per heavy atom. The predicted octanol–water partition coefficient (Wildman–Crippen LogP) is -4.77. The summed E-state index contributed by atoms with van der Waals surface area (Å²) in [7, 11) is -1.71. The SMILES string of the molecule is CC(C)[C@H](NC(=O)CNC(=O)CN1CCN(CC(=O)O)CCN(CC(=O)O)CCN(CC(=O)O)CC1)C(=O)N[C@H](C)C(=O)N1CCC[C@H]1B(O)O. The number of hydrogen-bond acceptors (Lipinski definition) is 13. The third-order valence-electron chi connectivity index (χ3n) is 8.74. The van der Waals surface area contributed by atoms with E-state index in [-0.39, 0.29) is 78.5 Å². The predicted molar refractivity (Wildman–Crippen MR) is 181 cm³/mol. The van der Waals surface area contributed by atoms with Gasteiger partial charge in [-0.2, -0.15) is 0 Å². The molecule has 2 rings (SSSR count). The number of carboxylic acid groups (broad SMARTS) is 3. The summed E-state index contributed by atoms with van der Waals surface area (Å²) < 4.78 is 0. The Kier molecular flexibility index (Phi) is 18.2. The van der Waals surface area contributed by atoms with Gasteiger partial charge in [-0.05, 0) is 25.7 Å². The molecule has 0 bridgehead atoms. The standard InChI is InChI=1S/C30H53BN8O12/c1-20(2)28(29(48)33-21(3)30(49)39-6-4-5-22(39)31(50)51)34-23(40)15-32-24(41)16-35-7-9-36(17-25(42)43)11-13-38(19-27(46)47)14-12-37(10-8-35)18-26(44)45/h20-22,28,50-51H,4-19H2,1-3H3,(H,32,41)(H,33,48)(H,34,40)(H,42,43)(H,44,45)(H,46,47)/t21-,22+,28+/m1/s1. The zero-order chi connectivity index (χ0) is 38.2. The molecular weight excluding hydrogens is 675 g/mol. The summed E-state index contributed by atoms with van der Waals surface area (Å²) in [6.07, 6.45) is 1.00. The molecular formula is C30H53BN8O12. The van der Waals surface area contributed by atoms with Crippen LogP contribution >= 0.6 is 0 Å². The number of carbonyl (C=O) groups is 7.